The van der Waals surface area contributed by atoms with E-state index >= 15 is 0 Å². The average molecular weight is 176 g/mol. The van der Waals surface area contributed by atoms with E-state index in [-0.39, 0.29) is 0 Å². The predicted molar refractivity (Wildman–Crippen MR) is 50.1 cm³/mol. The van der Waals surface area contributed by atoms with Crippen molar-refractivity contribution in [3.63, 3.8) is 0 Å². The van der Waals surface area contributed by atoms with Gasteiger partial charge >= 0.3 is 5.97 Å². The second-order valence-corrected chi connectivity index (χ2v) is 3.65. The van der Waals surface area contributed by atoms with Crippen LogP contribution in [0.1, 0.15) is 40.2 Å². The number of rotatable bonds is 2. The first-order valence-electron chi connectivity index (χ1n) is 4.52. The molecule has 0 bridgehead atoms. The van der Waals surface area contributed by atoms with E-state index in [0.29, 0.717) is 11.5 Å². The number of carboxylic acids is 1. The van der Waals surface area contributed by atoms with Crippen molar-refractivity contribution in [2.45, 2.75) is 25.7 Å². The van der Waals surface area contributed by atoms with E-state index in [4.69, 9.17) is 5.11 Å². The summed E-state index contributed by atoms with van der Waals surface area (Å²) in [6.07, 6.45) is 2.42. The molecule has 13 heavy (non-hydrogen) atoms. The summed E-state index contributed by atoms with van der Waals surface area (Å²) in [4.78, 5) is 10.8. The smallest absolute Gasteiger partial charge is 0.335 e. The van der Waals surface area contributed by atoms with Gasteiger partial charge in [0.1, 0.15) is 0 Å². The zero-order valence-corrected chi connectivity index (χ0v) is 7.58. The van der Waals surface area contributed by atoms with Gasteiger partial charge in [-0.25, -0.2) is 4.79 Å². The minimum Gasteiger partial charge on any atom is -0.478 e. The lowest BCUT2D eigenvalue weighted by Gasteiger charge is -2.03. The van der Waals surface area contributed by atoms with Crippen molar-refractivity contribution < 1.29 is 9.90 Å². The van der Waals surface area contributed by atoms with Crippen LogP contribution < -0.4 is 0 Å². The van der Waals surface area contributed by atoms with Gasteiger partial charge in [0, 0.05) is 0 Å². The number of carboxylic acid groups (broad SMARTS) is 1. The highest BCUT2D eigenvalue weighted by molar-refractivity contribution is 5.89. The van der Waals surface area contributed by atoms with Gasteiger partial charge in [0.2, 0.25) is 0 Å². The van der Waals surface area contributed by atoms with Gasteiger partial charge in [0.05, 0.1) is 5.56 Å². The number of hydrogen-bond acceptors (Lipinski definition) is 1. The van der Waals surface area contributed by atoms with Crippen LogP contribution in [0.15, 0.2) is 18.2 Å². The Kier molecular flexibility index (Phi) is 1.83. The Morgan fingerprint density at radius 3 is 2.69 bits per heavy atom. The number of aryl methyl sites for hydroxylation is 1. The third kappa shape index (κ3) is 1.57. The number of carbonyl (C=O) groups is 1. The molecule has 1 aliphatic carbocycles. The summed E-state index contributed by atoms with van der Waals surface area (Å²) in [5.74, 6) is -0.196. The van der Waals surface area contributed by atoms with Crippen LogP contribution in [-0.2, 0) is 0 Å². The van der Waals surface area contributed by atoms with E-state index in [9.17, 15) is 4.79 Å². The predicted octanol–water partition coefficient (Wildman–Crippen LogP) is 2.57. The van der Waals surface area contributed by atoms with Crippen LogP contribution in [0.2, 0.25) is 0 Å². The largest absolute Gasteiger partial charge is 0.478 e. The summed E-state index contributed by atoms with van der Waals surface area (Å²) in [6, 6.07) is 5.76. The molecule has 0 amide bonds. The van der Waals surface area contributed by atoms with Crippen LogP contribution in [0.4, 0.5) is 0 Å². The number of hydrogen-bond donors (Lipinski definition) is 1. The Bertz CT molecular complexity index is 351. The quantitative estimate of drug-likeness (QED) is 0.751. The van der Waals surface area contributed by atoms with Crippen LogP contribution in [-0.4, -0.2) is 11.1 Å². The lowest BCUT2D eigenvalue weighted by Crippen LogP contribution is -2.00. The molecule has 0 spiro atoms. The summed E-state index contributed by atoms with van der Waals surface area (Å²) >= 11 is 0. The molecule has 0 saturated heterocycles. The Labute approximate surface area is 77.2 Å². The zero-order chi connectivity index (χ0) is 9.42. The number of benzene rings is 1. The monoisotopic (exact) mass is 176 g/mol. The first-order chi connectivity index (χ1) is 6.18. The van der Waals surface area contributed by atoms with Crippen LogP contribution in [0.3, 0.4) is 0 Å². The van der Waals surface area contributed by atoms with Gasteiger partial charge in [0.25, 0.3) is 0 Å². The summed E-state index contributed by atoms with van der Waals surface area (Å²) in [5, 5.41) is 8.89. The third-order valence-electron chi connectivity index (χ3n) is 2.54. The molecular formula is C11H12O2. The zero-order valence-electron chi connectivity index (χ0n) is 7.58. The Morgan fingerprint density at radius 1 is 1.46 bits per heavy atom. The maximum Gasteiger partial charge on any atom is 0.335 e. The van der Waals surface area contributed by atoms with Crippen molar-refractivity contribution >= 4 is 5.97 Å². The molecule has 68 valence electrons. The Balaban J connectivity index is 2.41. The fourth-order valence-electron chi connectivity index (χ4n) is 1.54. The van der Waals surface area contributed by atoms with E-state index in [2.05, 4.69) is 0 Å². The summed E-state index contributed by atoms with van der Waals surface area (Å²) in [6.45, 7) is 1.83. The highest BCUT2D eigenvalue weighted by Crippen LogP contribution is 2.40. The molecule has 0 radical (unpaired) electrons. The molecule has 1 aliphatic rings. The second kappa shape index (κ2) is 2.87. The van der Waals surface area contributed by atoms with Crippen molar-refractivity contribution in [3.05, 3.63) is 34.9 Å². The molecule has 0 unspecified atom stereocenters. The SMILES string of the molecule is Cc1ccc(C2CC2)cc1C(=O)O. The molecule has 0 heterocycles. The average Bonchev–Trinajstić information content (AvgIpc) is 2.87. The maximum absolute atomic E-state index is 10.8. The molecule has 1 aromatic carbocycles. The van der Waals surface area contributed by atoms with Gasteiger partial charge in [0.15, 0.2) is 0 Å². The Morgan fingerprint density at radius 2 is 2.15 bits per heavy atom. The summed E-state index contributed by atoms with van der Waals surface area (Å²) in [7, 11) is 0. The van der Waals surface area contributed by atoms with Crippen molar-refractivity contribution in [2.75, 3.05) is 0 Å². The molecular weight excluding hydrogens is 164 g/mol. The van der Waals surface area contributed by atoms with Gasteiger partial charge in [-0.05, 0) is 42.9 Å². The fraction of sp³-hybridized carbons (Fsp3) is 0.364. The fourth-order valence-corrected chi connectivity index (χ4v) is 1.54. The van der Waals surface area contributed by atoms with Crippen LogP contribution >= 0.6 is 0 Å². The lowest BCUT2D eigenvalue weighted by molar-refractivity contribution is 0.0696. The van der Waals surface area contributed by atoms with Crippen molar-refractivity contribution in [3.8, 4) is 0 Å². The van der Waals surface area contributed by atoms with Gasteiger partial charge in [-0.3, -0.25) is 0 Å². The molecule has 1 saturated carbocycles. The highest BCUT2D eigenvalue weighted by atomic mass is 16.4. The third-order valence-corrected chi connectivity index (χ3v) is 2.54. The van der Waals surface area contributed by atoms with E-state index in [1.54, 1.807) is 0 Å². The van der Waals surface area contributed by atoms with Crippen LogP contribution in [0, 0.1) is 6.92 Å². The van der Waals surface area contributed by atoms with E-state index in [1.807, 2.05) is 25.1 Å². The topological polar surface area (TPSA) is 37.3 Å². The second-order valence-electron chi connectivity index (χ2n) is 3.65. The van der Waals surface area contributed by atoms with Crippen LogP contribution in [0.5, 0.6) is 0 Å². The lowest BCUT2D eigenvalue weighted by atomic mass is 10.0. The van der Waals surface area contributed by atoms with Gasteiger partial charge in [-0.1, -0.05) is 12.1 Å². The molecule has 1 fully saturated rings. The van der Waals surface area contributed by atoms with Crippen LogP contribution in [0.25, 0.3) is 0 Å². The maximum atomic E-state index is 10.8. The van der Waals surface area contributed by atoms with Crippen molar-refractivity contribution in [1.82, 2.24) is 0 Å². The molecule has 2 heteroatoms. The molecule has 0 atom stereocenters. The number of aromatic carboxylic acids is 1. The standard InChI is InChI=1S/C11H12O2/c1-7-2-3-9(8-4-5-8)6-10(7)11(12)13/h2-3,6,8H,4-5H2,1H3,(H,12,13). The van der Waals surface area contributed by atoms with E-state index < -0.39 is 5.97 Å². The normalized spacial score (nSPS) is 15.8. The Hall–Kier alpha value is -1.31. The van der Waals surface area contributed by atoms with Gasteiger partial charge in [-0.15, -0.1) is 0 Å². The summed E-state index contributed by atoms with van der Waals surface area (Å²) < 4.78 is 0. The molecule has 2 nitrogen and oxygen atoms in total. The first-order valence-corrected chi connectivity index (χ1v) is 4.52. The van der Waals surface area contributed by atoms with Gasteiger partial charge in [-0.2, -0.15) is 0 Å². The van der Waals surface area contributed by atoms with E-state index in [0.717, 1.165) is 5.56 Å². The summed E-state index contributed by atoms with van der Waals surface area (Å²) in [5.41, 5.74) is 2.48. The molecule has 2 rings (SSSR count). The first kappa shape index (κ1) is 8.30. The van der Waals surface area contributed by atoms with E-state index in [1.165, 1.54) is 18.4 Å². The highest BCUT2D eigenvalue weighted by Gasteiger charge is 2.24. The minimum absolute atomic E-state index is 0.449. The minimum atomic E-state index is -0.819. The molecule has 1 N–H and O–H groups in total. The van der Waals surface area contributed by atoms with Gasteiger partial charge < -0.3 is 5.11 Å². The molecule has 0 aliphatic heterocycles. The van der Waals surface area contributed by atoms with Crippen molar-refractivity contribution in [1.29, 1.82) is 0 Å². The van der Waals surface area contributed by atoms with Crippen molar-refractivity contribution in [2.24, 2.45) is 0 Å². The molecule has 1 aromatic rings. The molecule has 0 aromatic heterocycles.